The summed E-state index contributed by atoms with van der Waals surface area (Å²) in [6.45, 7) is 0. The van der Waals surface area contributed by atoms with Gasteiger partial charge in [-0.25, -0.2) is 0 Å². The standard InChI is InChI=1S/C23H20BrNO2/c24-19-11-13-20(14-12-19)25-22(23(27)18-9-5-2-6-10-18)21(15-16-26)17-7-3-1-4-8-17/h1-14,16,21-22,25H,15H2/t21-,22+/m0/s1. The molecular formula is C23H20BrNO2. The average molecular weight is 422 g/mol. The number of Topliss-reactive ketones (excluding diaryl/α,β-unsaturated/α-hetero) is 1. The fraction of sp³-hybridized carbons (Fsp3) is 0.130. The summed E-state index contributed by atoms with van der Waals surface area (Å²) in [4.78, 5) is 24.7. The van der Waals surface area contributed by atoms with Crippen molar-refractivity contribution in [2.75, 3.05) is 5.32 Å². The zero-order chi connectivity index (χ0) is 19.1. The fourth-order valence-electron chi connectivity index (χ4n) is 3.13. The van der Waals surface area contributed by atoms with Crippen LogP contribution in [0.1, 0.15) is 28.3 Å². The van der Waals surface area contributed by atoms with E-state index in [9.17, 15) is 9.59 Å². The van der Waals surface area contributed by atoms with Gasteiger partial charge in [0.25, 0.3) is 0 Å². The number of hydrogen-bond acceptors (Lipinski definition) is 3. The number of aldehydes is 1. The molecule has 0 aromatic heterocycles. The molecule has 2 atom stereocenters. The van der Waals surface area contributed by atoms with E-state index in [4.69, 9.17) is 0 Å². The highest BCUT2D eigenvalue weighted by Gasteiger charge is 2.30. The molecule has 27 heavy (non-hydrogen) atoms. The maximum atomic E-state index is 13.3. The molecule has 3 rings (SSSR count). The number of anilines is 1. The average Bonchev–Trinajstić information content (AvgIpc) is 2.73. The molecule has 0 aliphatic carbocycles. The van der Waals surface area contributed by atoms with Gasteiger partial charge in [-0.1, -0.05) is 76.6 Å². The molecule has 4 heteroatoms. The van der Waals surface area contributed by atoms with Crippen LogP contribution < -0.4 is 5.32 Å². The lowest BCUT2D eigenvalue weighted by Gasteiger charge is -2.27. The highest BCUT2D eigenvalue weighted by atomic mass is 79.9. The lowest BCUT2D eigenvalue weighted by molar-refractivity contribution is -0.108. The molecule has 0 amide bonds. The van der Waals surface area contributed by atoms with Crippen LogP contribution in [-0.4, -0.2) is 18.1 Å². The summed E-state index contributed by atoms with van der Waals surface area (Å²) in [6.07, 6.45) is 1.14. The second-order valence-corrected chi connectivity index (χ2v) is 7.19. The van der Waals surface area contributed by atoms with Crippen LogP contribution in [0.5, 0.6) is 0 Å². The van der Waals surface area contributed by atoms with Gasteiger partial charge in [-0.15, -0.1) is 0 Å². The molecule has 0 radical (unpaired) electrons. The van der Waals surface area contributed by atoms with Crippen molar-refractivity contribution < 1.29 is 9.59 Å². The Morgan fingerprint density at radius 1 is 0.889 bits per heavy atom. The Bertz CT molecular complexity index is 879. The molecule has 0 aliphatic heterocycles. The molecule has 3 aromatic carbocycles. The lowest BCUT2D eigenvalue weighted by Crippen LogP contribution is -2.36. The van der Waals surface area contributed by atoms with E-state index in [0.29, 0.717) is 5.56 Å². The van der Waals surface area contributed by atoms with Crippen molar-refractivity contribution >= 4 is 33.7 Å². The lowest BCUT2D eigenvalue weighted by atomic mass is 9.84. The zero-order valence-corrected chi connectivity index (χ0v) is 16.3. The number of carbonyl (C=O) groups excluding carboxylic acids is 2. The molecule has 0 aliphatic rings. The third kappa shape index (κ3) is 4.92. The minimum absolute atomic E-state index is 0.0331. The number of halogens is 1. The highest BCUT2D eigenvalue weighted by molar-refractivity contribution is 9.10. The molecule has 0 spiro atoms. The third-order valence-electron chi connectivity index (χ3n) is 4.49. The first kappa shape index (κ1) is 19.1. The van der Waals surface area contributed by atoms with Crippen molar-refractivity contribution in [2.24, 2.45) is 0 Å². The van der Waals surface area contributed by atoms with Gasteiger partial charge in [0.2, 0.25) is 0 Å². The molecule has 1 N–H and O–H groups in total. The summed E-state index contributed by atoms with van der Waals surface area (Å²) in [5.41, 5.74) is 2.42. The van der Waals surface area contributed by atoms with Gasteiger partial charge >= 0.3 is 0 Å². The summed E-state index contributed by atoms with van der Waals surface area (Å²) in [6, 6.07) is 26.0. The van der Waals surface area contributed by atoms with Crippen LogP contribution in [0.3, 0.4) is 0 Å². The Kier molecular flexibility index (Phi) is 6.55. The fourth-order valence-corrected chi connectivity index (χ4v) is 3.39. The molecule has 0 heterocycles. The molecule has 136 valence electrons. The highest BCUT2D eigenvalue weighted by Crippen LogP contribution is 2.28. The van der Waals surface area contributed by atoms with Gasteiger partial charge in [0.1, 0.15) is 6.29 Å². The van der Waals surface area contributed by atoms with Gasteiger partial charge in [0.05, 0.1) is 6.04 Å². The van der Waals surface area contributed by atoms with Crippen LogP contribution in [0.4, 0.5) is 5.69 Å². The molecule has 0 saturated heterocycles. The quantitative estimate of drug-likeness (QED) is 0.386. The van der Waals surface area contributed by atoms with Gasteiger partial charge < -0.3 is 10.1 Å². The number of ketones is 1. The van der Waals surface area contributed by atoms with Crippen molar-refractivity contribution in [1.82, 2.24) is 0 Å². The summed E-state index contributed by atoms with van der Waals surface area (Å²) in [5.74, 6) is -0.297. The monoisotopic (exact) mass is 421 g/mol. The number of hydrogen-bond donors (Lipinski definition) is 1. The van der Waals surface area contributed by atoms with Gasteiger partial charge in [-0.05, 0) is 29.8 Å². The molecule has 0 unspecified atom stereocenters. The van der Waals surface area contributed by atoms with Crippen LogP contribution in [0, 0.1) is 0 Å². The number of carbonyl (C=O) groups is 2. The Morgan fingerprint density at radius 2 is 1.48 bits per heavy atom. The molecule has 3 nitrogen and oxygen atoms in total. The Labute approximate surface area is 167 Å². The van der Waals surface area contributed by atoms with Crippen LogP contribution in [0.15, 0.2) is 89.4 Å². The largest absolute Gasteiger partial charge is 0.374 e. The van der Waals surface area contributed by atoms with Crippen molar-refractivity contribution in [3.63, 3.8) is 0 Å². The first-order valence-electron chi connectivity index (χ1n) is 8.79. The van der Waals surface area contributed by atoms with E-state index in [0.717, 1.165) is 22.0 Å². The topological polar surface area (TPSA) is 46.2 Å². The first-order valence-corrected chi connectivity index (χ1v) is 9.58. The maximum absolute atomic E-state index is 13.3. The van der Waals surface area contributed by atoms with E-state index >= 15 is 0 Å². The van der Waals surface area contributed by atoms with E-state index in [1.54, 1.807) is 0 Å². The van der Waals surface area contributed by atoms with E-state index in [1.807, 2.05) is 84.9 Å². The van der Waals surface area contributed by atoms with Crippen molar-refractivity contribution in [2.45, 2.75) is 18.4 Å². The van der Waals surface area contributed by atoms with Gasteiger partial charge in [0, 0.05) is 28.1 Å². The summed E-state index contributed by atoms with van der Waals surface area (Å²) in [7, 11) is 0. The number of nitrogens with one attached hydrogen (secondary N) is 1. The first-order chi connectivity index (χ1) is 13.2. The molecule has 3 aromatic rings. The predicted octanol–water partition coefficient (Wildman–Crippen LogP) is 5.49. The van der Waals surface area contributed by atoms with Crippen LogP contribution in [0.2, 0.25) is 0 Å². The molecule has 0 bridgehead atoms. The van der Waals surface area contributed by atoms with Gasteiger partial charge in [-0.3, -0.25) is 4.79 Å². The maximum Gasteiger partial charge on any atom is 0.185 e. The summed E-state index contributed by atoms with van der Waals surface area (Å²) >= 11 is 3.43. The summed E-state index contributed by atoms with van der Waals surface area (Å²) < 4.78 is 0.964. The second-order valence-electron chi connectivity index (χ2n) is 6.28. The van der Waals surface area contributed by atoms with Gasteiger partial charge in [-0.2, -0.15) is 0 Å². The molecule has 0 saturated carbocycles. The van der Waals surface area contributed by atoms with E-state index < -0.39 is 6.04 Å². The Balaban J connectivity index is 2.00. The van der Waals surface area contributed by atoms with E-state index in [1.165, 1.54) is 0 Å². The number of benzene rings is 3. The summed E-state index contributed by atoms with van der Waals surface area (Å²) in [5, 5.41) is 3.36. The second kappa shape index (κ2) is 9.28. The van der Waals surface area contributed by atoms with Crippen LogP contribution >= 0.6 is 15.9 Å². The minimum atomic E-state index is -0.554. The van der Waals surface area contributed by atoms with Crippen LogP contribution in [-0.2, 0) is 4.79 Å². The zero-order valence-electron chi connectivity index (χ0n) is 14.7. The van der Waals surface area contributed by atoms with Gasteiger partial charge in [0.15, 0.2) is 5.78 Å². The van der Waals surface area contributed by atoms with Crippen molar-refractivity contribution in [3.8, 4) is 0 Å². The van der Waals surface area contributed by atoms with E-state index in [-0.39, 0.29) is 18.1 Å². The Morgan fingerprint density at radius 3 is 2.07 bits per heavy atom. The normalized spacial score (nSPS) is 12.8. The van der Waals surface area contributed by atoms with E-state index in [2.05, 4.69) is 21.2 Å². The van der Waals surface area contributed by atoms with Crippen LogP contribution in [0.25, 0.3) is 0 Å². The Hall–Kier alpha value is -2.72. The minimum Gasteiger partial charge on any atom is -0.374 e. The smallest absolute Gasteiger partial charge is 0.185 e. The molecular weight excluding hydrogens is 402 g/mol. The van der Waals surface area contributed by atoms with Crippen molar-refractivity contribution in [1.29, 1.82) is 0 Å². The SMILES string of the molecule is O=CC[C@@H](c1ccccc1)[C@@H](Nc1ccc(Br)cc1)C(=O)c1ccccc1. The number of rotatable bonds is 8. The molecule has 0 fully saturated rings. The van der Waals surface area contributed by atoms with Crippen molar-refractivity contribution in [3.05, 3.63) is 101 Å². The third-order valence-corrected chi connectivity index (χ3v) is 5.02. The predicted molar refractivity (Wildman–Crippen MR) is 112 cm³/mol.